The summed E-state index contributed by atoms with van der Waals surface area (Å²) in [5, 5.41) is 6.62. The summed E-state index contributed by atoms with van der Waals surface area (Å²) in [7, 11) is 0. The minimum absolute atomic E-state index is 0.911. The van der Waals surface area contributed by atoms with Gasteiger partial charge in [-0.05, 0) is 35.0 Å². The highest BCUT2D eigenvalue weighted by molar-refractivity contribution is 5.66. The van der Waals surface area contributed by atoms with E-state index in [0.29, 0.717) is 0 Å². The van der Waals surface area contributed by atoms with Gasteiger partial charge in [0.2, 0.25) is 0 Å². The Morgan fingerprint density at radius 3 is 2.89 bits per heavy atom. The van der Waals surface area contributed by atoms with E-state index in [1.165, 1.54) is 16.7 Å². The third-order valence-corrected chi connectivity index (χ3v) is 3.65. The Kier molecular flexibility index (Phi) is 3.07. The molecule has 2 N–H and O–H groups in total. The van der Waals surface area contributed by atoms with Crippen LogP contribution in [0.25, 0.3) is 11.8 Å². The van der Waals surface area contributed by atoms with Crippen LogP contribution in [0.15, 0.2) is 31.0 Å². The molecule has 18 heavy (non-hydrogen) atoms. The van der Waals surface area contributed by atoms with Crippen molar-refractivity contribution in [2.75, 3.05) is 26.2 Å². The maximum absolute atomic E-state index is 4.26. The van der Waals surface area contributed by atoms with Gasteiger partial charge in [0.15, 0.2) is 0 Å². The van der Waals surface area contributed by atoms with Crippen LogP contribution in [0.1, 0.15) is 16.7 Å². The van der Waals surface area contributed by atoms with Crippen LogP contribution < -0.4 is 10.6 Å². The molecule has 2 aliphatic heterocycles. The number of nitrogens with one attached hydrogen (secondary N) is 2. The van der Waals surface area contributed by atoms with Crippen molar-refractivity contribution in [3.05, 3.63) is 47.7 Å². The van der Waals surface area contributed by atoms with Gasteiger partial charge in [-0.15, -0.1) is 0 Å². The normalized spacial score (nSPS) is 18.1. The summed E-state index contributed by atoms with van der Waals surface area (Å²) in [6.45, 7) is 9.37. The summed E-state index contributed by atoms with van der Waals surface area (Å²) in [5.74, 6) is 0. The van der Waals surface area contributed by atoms with E-state index in [0.717, 1.165) is 38.4 Å². The number of benzene rings is 1. The van der Waals surface area contributed by atoms with Crippen molar-refractivity contribution in [2.45, 2.75) is 6.54 Å². The predicted octanol–water partition coefficient (Wildman–Crippen LogP) is 1.64. The molecule has 1 saturated heterocycles. The van der Waals surface area contributed by atoms with E-state index in [1.54, 1.807) is 0 Å². The number of hydrogen-bond acceptors (Lipinski definition) is 3. The molecule has 94 valence electrons. The fourth-order valence-corrected chi connectivity index (χ4v) is 2.54. The topological polar surface area (TPSA) is 27.3 Å². The first-order valence-electron chi connectivity index (χ1n) is 6.52. The first-order valence-corrected chi connectivity index (χ1v) is 6.52. The maximum Gasteiger partial charge on any atom is 0.0401 e. The van der Waals surface area contributed by atoms with Crippen LogP contribution in [-0.2, 0) is 6.54 Å². The smallest absolute Gasteiger partial charge is 0.0401 e. The third kappa shape index (κ3) is 2.14. The minimum Gasteiger partial charge on any atom is -0.387 e. The number of rotatable bonds is 2. The van der Waals surface area contributed by atoms with Crippen molar-refractivity contribution in [1.29, 1.82) is 0 Å². The van der Waals surface area contributed by atoms with Gasteiger partial charge in [0.05, 0.1) is 0 Å². The molecule has 0 amide bonds. The first-order chi connectivity index (χ1) is 8.84. The van der Waals surface area contributed by atoms with E-state index in [9.17, 15) is 0 Å². The van der Waals surface area contributed by atoms with Crippen LogP contribution in [0.3, 0.4) is 0 Å². The molecule has 2 heterocycles. The van der Waals surface area contributed by atoms with Gasteiger partial charge in [-0.2, -0.15) is 0 Å². The Morgan fingerprint density at radius 1 is 1.22 bits per heavy atom. The second-order valence-corrected chi connectivity index (χ2v) is 4.81. The zero-order chi connectivity index (χ0) is 12.4. The number of nitrogens with zero attached hydrogens (tertiary/aromatic N) is 1. The van der Waals surface area contributed by atoms with Gasteiger partial charge in [0.25, 0.3) is 0 Å². The second kappa shape index (κ2) is 4.86. The molecule has 3 heteroatoms. The lowest BCUT2D eigenvalue weighted by Gasteiger charge is -2.31. The minimum atomic E-state index is 0.911. The van der Waals surface area contributed by atoms with Crippen LogP contribution in [0, 0.1) is 0 Å². The van der Waals surface area contributed by atoms with Gasteiger partial charge in [0, 0.05) is 38.4 Å². The molecular formula is C15H19N3. The predicted molar refractivity (Wildman–Crippen MR) is 75.8 cm³/mol. The molecule has 1 aromatic carbocycles. The highest BCUT2D eigenvalue weighted by Crippen LogP contribution is 2.23. The number of fused-ring (bicyclic) bond motifs is 1. The van der Waals surface area contributed by atoms with Crippen molar-refractivity contribution in [2.24, 2.45) is 0 Å². The number of piperazine rings is 1. The lowest BCUT2D eigenvalue weighted by atomic mass is 10.00. The number of hydrogen-bond donors (Lipinski definition) is 2. The van der Waals surface area contributed by atoms with Gasteiger partial charge >= 0.3 is 0 Å². The second-order valence-electron chi connectivity index (χ2n) is 4.81. The molecule has 1 fully saturated rings. The van der Waals surface area contributed by atoms with Gasteiger partial charge in [-0.25, -0.2) is 0 Å². The van der Waals surface area contributed by atoms with Gasteiger partial charge in [-0.3, -0.25) is 0 Å². The first kappa shape index (κ1) is 11.4. The van der Waals surface area contributed by atoms with Crippen molar-refractivity contribution in [1.82, 2.24) is 15.5 Å². The molecule has 0 unspecified atom stereocenters. The Bertz CT molecular complexity index is 485. The lowest BCUT2D eigenvalue weighted by molar-refractivity contribution is 0.341. The van der Waals surface area contributed by atoms with Crippen LogP contribution >= 0.6 is 0 Å². The Labute approximate surface area is 108 Å². The summed E-state index contributed by atoms with van der Waals surface area (Å²) in [6.07, 6.45) is 4.13. The molecule has 3 nitrogen and oxygen atoms in total. The lowest BCUT2D eigenvalue weighted by Crippen LogP contribution is -2.42. The third-order valence-electron chi connectivity index (χ3n) is 3.65. The quantitative estimate of drug-likeness (QED) is 0.824. The van der Waals surface area contributed by atoms with Crippen molar-refractivity contribution >= 4 is 11.8 Å². The van der Waals surface area contributed by atoms with Gasteiger partial charge < -0.3 is 15.5 Å². The molecular weight excluding hydrogens is 222 g/mol. The van der Waals surface area contributed by atoms with E-state index in [2.05, 4.69) is 46.4 Å². The largest absolute Gasteiger partial charge is 0.387 e. The maximum atomic E-state index is 4.26. The zero-order valence-corrected chi connectivity index (χ0v) is 10.6. The van der Waals surface area contributed by atoms with Crippen LogP contribution in [0.2, 0.25) is 0 Å². The van der Waals surface area contributed by atoms with Gasteiger partial charge in [0.1, 0.15) is 0 Å². The molecule has 0 atom stereocenters. The molecule has 0 aliphatic carbocycles. The summed E-state index contributed by atoms with van der Waals surface area (Å²) in [4.78, 5) is 2.37. The van der Waals surface area contributed by atoms with E-state index in [-0.39, 0.29) is 0 Å². The van der Waals surface area contributed by atoms with E-state index in [1.807, 2.05) is 6.20 Å². The average Bonchev–Trinajstić information content (AvgIpc) is 2.47. The molecule has 0 saturated carbocycles. The SMILES string of the molecule is C=C(c1ccc2c(c1)CNC=C2)N1CCNCC1. The fraction of sp³-hybridized carbons (Fsp3) is 0.333. The van der Waals surface area contributed by atoms with Crippen LogP contribution in [0.4, 0.5) is 0 Å². The molecule has 0 radical (unpaired) electrons. The Balaban J connectivity index is 1.83. The molecule has 3 rings (SSSR count). The summed E-state index contributed by atoms with van der Waals surface area (Å²) >= 11 is 0. The molecule has 0 spiro atoms. The van der Waals surface area contributed by atoms with Crippen LogP contribution in [0.5, 0.6) is 0 Å². The molecule has 0 bridgehead atoms. The summed E-state index contributed by atoms with van der Waals surface area (Å²) in [6, 6.07) is 6.63. The average molecular weight is 241 g/mol. The van der Waals surface area contributed by atoms with E-state index >= 15 is 0 Å². The molecule has 2 aliphatic rings. The van der Waals surface area contributed by atoms with Crippen molar-refractivity contribution < 1.29 is 0 Å². The van der Waals surface area contributed by atoms with Crippen molar-refractivity contribution in [3.8, 4) is 0 Å². The van der Waals surface area contributed by atoms with Gasteiger partial charge in [-0.1, -0.05) is 18.7 Å². The van der Waals surface area contributed by atoms with Crippen LogP contribution in [-0.4, -0.2) is 31.1 Å². The Hall–Kier alpha value is -1.74. The van der Waals surface area contributed by atoms with E-state index < -0.39 is 0 Å². The fourth-order valence-electron chi connectivity index (χ4n) is 2.54. The van der Waals surface area contributed by atoms with E-state index in [4.69, 9.17) is 0 Å². The Morgan fingerprint density at radius 2 is 2.06 bits per heavy atom. The highest BCUT2D eigenvalue weighted by Gasteiger charge is 2.14. The standard InChI is InChI=1S/C15H19N3/c1-12(18-8-6-16-7-9-18)14-3-2-13-4-5-17-11-15(13)10-14/h2-5,10,16-17H,1,6-9,11H2. The molecule has 1 aromatic rings. The zero-order valence-electron chi connectivity index (χ0n) is 10.6. The van der Waals surface area contributed by atoms with Crippen molar-refractivity contribution in [3.63, 3.8) is 0 Å². The monoisotopic (exact) mass is 241 g/mol. The highest BCUT2D eigenvalue weighted by atomic mass is 15.2. The molecule has 0 aromatic heterocycles. The summed E-state index contributed by atoms with van der Waals surface area (Å²) < 4.78 is 0. The summed E-state index contributed by atoms with van der Waals surface area (Å²) in [5.41, 5.74) is 5.05.